The minimum absolute atomic E-state index is 0.0490. The number of rotatable bonds is 5. The Labute approximate surface area is 177 Å². The summed E-state index contributed by atoms with van der Waals surface area (Å²) in [4.78, 5) is 28.4. The van der Waals surface area contributed by atoms with Gasteiger partial charge in [-0.3, -0.25) is 19.2 Å². The molecule has 2 aromatic rings. The van der Waals surface area contributed by atoms with Crippen LogP contribution >= 0.6 is 0 Å². The molecular formula is C23H30N4O3. The molecule has 0 spiro atoms. The predicted molar refractivity (Wildman–Crippen MR) is 115 cm³/mol. The van der Waals surface area contributed by atoms with E-state index < -0.39 is 11.5 Å². The fourth-order valence-electron chi connectivity index (χ4n) is 4.82. The molecule has 1 aliphatic carbocycles. The molecule has 4 rings (SSSR count). The highest BCUT2D eigenvalue weighted by atomic mass is 16.5. The van der Waals surface area contributed by atoms with E-state index in [0.29, 0.717) is 18.8 Å². The topological polar surface area (TPSA) is 76.5 Å². The molecule has 2 heterocycles. The van der Waals surface area contributed by atoms with E-state index in [-0.39, 0.29) is 11.8 Å². The number of anilines is 1. The van der Waals surface area contributed by atoms with Gasteiger partial charge >= 0.3 is 0 Å². The first-order chi connectivity index (χ1) is 14.4. The summed E-state index contributed by atoms with van der Waals surface area (Å²) < 4.78 is 7.18. The molecule has 160 valence electrons. The number of ether oxygens (including phenoxy) is 1. The molecule has 1 saturated heterocycles. The zero-order chi connectivity index (χ0) is 21.3. The maximum Gasteiger partial charge on any atom is 0.250 e. The minimum atomic E-state index is -0.603. The van der Waals surface area contributed by atoms with Crippen LogP contribution in [-0.2, 0) is 22.1 Å². The van der Waals surface area contributed by atoms with Crippen molar-refractivity contribution in [1.29, 1.82) is 0 Å². The van der Waals surface area contributed by atoms with Crippen molar-refractivity contribution in [3.63, 3.8) is 0 Å². The summed E-state index contributed by atoms with van der Waals surface area (Å²) in [6, 6.07) is 7.35. The number of amides is 2. The van der Waals surface area contributed by atoms with Crippen molar-refractivity contribution in [2.45, 2.75) is 56.9 Å². The van der Waals surface area contributed by atoms with Crippen molar-refractivity contribution in [2.75, 3.05) is 18.6 Å². The number of nitrogens with one attached hydrogen (secondary N) is 1. The summed E-state index contributed by atoms with van der Waals surface area (Å²) in [5, 5.41) is 7.46. The number of aryl methyl sites for hydroxylation is 2. The van der Waals surface area contributed by atoms with Gasteiger partial charge in [0.1, 0.15) is 11.8 Å². The first-order valence-electron chi connectivity index (χ1n) is 10.7. The third-order valence-corrected chi connectivity index (χ3v) is 6.57. The first kappa shape index (κ1) is 20.4. The Bertz CT molecular complexity index is 946. The second-order valence-corrected chi connectivity index (χ2v) is 8.48. The van der Waals surface area contributed by atoms with Gasteiger partial charge in [0.25, 0.3) is 5.91 Å². The number of piperidine rings is 1. The van der Waals surface area contributed by atoms with Gasteiger partial charge in [-0.15, -0.1) is 0 Å². The van der Waals surface area contributed by atoms with E-state index in [2.05, 4.69) is 10.4 Å². The number of aromatic nitrogens is 2. The van der Waals surface area contributed by atoms with Crippen LogP contribution < -0.4 is 15.0 Å². The third kappa shape index (κ3) is 3.57. The lowest BCUT2D eigenvalue weighted by molar-refractivity contribution is -0.132. The average molecular weight is 411 g/mol. The van der Waals surface area contributed by atoms with Crippen LogP contribution in [0.15, 0.2) is 30.5 Å². The maximum absolute atomic E-state index is 13.6. The van der Waals surface area contributed by atoms with E-state index in [1.54, 1.807) is 16.7 Å². The van der Waals surface area contributed by atoms with Crippen LogP contribution in [0.2, 0.25) is 0 Å². The van der Waals surface area contributed by atoms with Crippen LogP contribution in [0, 0.1) is 6.92 Å². The molecule has 7 nitrogen and oxygen atoms in total. The van der Waals surface area contributed by atoms with Gasteiger partial charge in [0.05, 0.1) is 12.5 Å². The molecule has 1 unspecified atom stereocenters. The number of carbonyl (C=O) groups excluding carboxylic acids is 2. The largest absolute Gasteiger partial charge is 0.496 e. The van der Waals surface area contributed by atoms with Gasteiger partial charge in [0, 0.05) is 25.9 Å². The normalized spacial score (nSPS) is 21.0. The molecule has 2 fully saturated rings. The van der Waals surface area contributed by atoms with Crippen LogP contribution in [0.1, 0.15) is 49.7 Å². The van der Waals surface area contributed by atoms with Crippen LogP contribution in [0.25, 0.3) is 0 Å². The number of carbonyl (C=O) groups is 2. The highest BCUT2D eigenvalue weighted by Gasteiger charge is 2.45. The minimum Gasteiger partial charge on any atom is -0.496 e. The van der Waals surface area contributed by atoms with Crippen LogP contribution in [-0.4, -0.2) is 41.3 Å². The number of hydrogen-bond donors (Lipinski definition) is 1. The van der Waals surface area contributed by atoms with Crippen molar-refractivity contribution in [3.05, 3.63) is 41.6 Å². The average Bonchev–Trinajstić information content (AvgIpc) is 3.40. The number of methoxy groups -OCH3 is 1. The van der Waals surface area contributed by atoms with E-state index in [9.17, 15) is 9.59 Å². The molecular weight excluding hydrogens is 380 g/mol. The second kappa shape index (κ2) is 8.13. The van der Waals surface area contributed by atoms with Gasteiger partial charge in [-0.05, 0) is 49.8 Å². The number of nitrogens with zero attached hydrogens (tertiary/aromatic N) is 3. The Kier molecular flexibility index (Phi) is 5.54. The van der Waals surface area contributed by atoms with E-state index >= 15 is 0 Å². The summed E-state index contributed by atoms with van der Waals surface area (Å²) in [6.07, 6.45) is 6.89. The van der Waals surface area contributed by atoms with Crippen molar-refractivity contribution in [1.82, 2.24) is 15.1 Å². The molecule has 0 bridgehead atoms. The lowest BCUT2D eigenvalue weighted by Gasteiger charge is -2.35. The number of benzene rings is 1. The van der Waals surface area contributed by atoms with Gasteiger partial charge in [0.15, 0.2) is 5.82 Å². The molecule has 1 aromatic carbocycles. The zero-order valence-electron chi connectivity index (χ0n) is 18.0. The Balaban J connectivity index is 1.57. The predicted octanol–water partition coefficient (Wildman–Crippen LogP) is 2.86. The molecule has 1 aliphatic heterocycles. The number of hydrogen-bond acceptors (Lipinski definition) is 4. The molecule has 1 saturated carbocycles. The first-order valence-corrected chi connectivity index (χ1v) is 10.7. The Hall–Kier alpha value is -2.83. The highest BCUT2D eigenvalue weighted by Crippen LogP contribution is 2.43. The lowest BCUT2D eigenvalue weighted by Crippen LogP contribution is -2.56. The Morgan fingerprint density at radius 2 is 2.00 bits per heavy atom. The van der Waals surface area contributed by atoms with Crippen molar-refractivity contribution >= 4 is 17.6 Å². The third-order valence-electron chi connectivity index (χ3n) is 6.57. The summed E-state index contributed by atoms with van der Waals surface area (Å²) in [6.45, 7) is 2.62. The fraction of sp³-hybridized carbons (Fsp3) is 0.522. The van der Waals surface area contributed by atoms with Crippen molar-refractivity contribution in [2.24, 2.45) is 7.05 Å². The fourth-order valence-corrected chi connectivity index (χ4v) is 4.82. The second-order valence-electron chi connectivity index (χ2n) is 8.48. The molecule has 1 atom stereocenters. The van der Waals surface area contributed by atoms with Crippen molar-refractivity contribution in [3.8, 4) is 5.75 Å². The molecule has 0 radical (unpaired) electrons. The molecule has 7 heteroatoms. The summed E-state index contributed by atoms with van der Waals surface area (Å²) in [7, 11) is 3.48. The van der Waals surface area contributed by atoms with Crippen molar-refractivity contribution < 1.29 is 14.3 Å². The summed E-state index contributed by atoms with van der Waals surface area (Å²) in [5.74, 6) is 1.30. The quantitative estimate of drug-likeness (QED) is 0.822. The van der Waals surface area contributed by atoms with Gasteiger partial charge in [0.2, 0.25) is 5.91 Å². The highest BCUT2D eigenvalue weighted by molar-refractivity contribution is 6.00. The van der Waals surface area contributed by atoms with Gasteiger partial charge in [-0.2, -0.15) is 5.10 Å². The molecule has 1 N–H and O–H groups in total. The molecule has 2 amide bonds. The van der Waals surface area contributed by atoms with Crippen LogP contribution in [0.3, 0.4) is 0 Å². The van der Waals surface area contributed by atoms with E-state index in [0.717, 1.165) is 49.0 Å². The van der Waals surface area contributed by atoms with Gasteiger partial charge < -0.3 is 10.1 Å². The van der Waals surface area contributed by atoms with E-state index in [4.69, 9.17) is 4.74 Å². The van der Waals surface area contributed by atoms with Crippen LogP contribution in [0.4, 0.5) is 5.82 Å². The SMILES string of the molecule is COc1cc(C2(C(=O)NC3CCCN(c4ccn(C)n4)C3=O)CCCC2)ccc1C. The Morgan fingerprint density at radius 1 is 1.23 bits per heavy atom. The standard InChI is InChI=1S/C23H30N4O3/c1-16-8-9-17(15-19(16)30-3)23(11-4-5-12-23)22(29)24-18-7-6-13-27(21(18)28)20-10-14-26(2)25-20/h8-10,14-15,18H,4-7,11-13H2,1-3H3,(H,24,29). The molecule has 30 heavy (non-hydrogen) atoms. The van der Waals surface area contributed by atoms with Crippen LogP contribution in [0.5, 0.6) is 5.75 Å². The Morgan fingerprint density at radius 3 is 2.67 bits per heavy atom. The molecule has 2 aliphatic rings. The molecule has 1 aromatic heterocycles. The zero-order valence-corrected chi connectivity index (χ0v) is 18.0. The smallest absolute Gasteiger partial charge is 0.250 e. The maximum atomic E-state index is 13.6. The van der Waals surface area contributed by atoms with Gasteiger partial charge in [-0.25, -0.2) is 0 Å². The summed E-state index contributed by atoms with van der Waals surface area (Å²) in [5.41, 5.74) is 1.42. The van der Waals surface area contributed by atoms with E-state index in [1.807, 2.05) is 44.4 Å². The van der Waals surface area contributed by atoms with Gasteiger partial charge in [-0.1, -0.05) is 25.0 Å². The summed E-state index contributed by atoms with van der Waals surface area (Å²) >= 11 is 0. The monoisotopic (exact) mass is 410 g/mol. The lowest BCUT2D eigenvalue weighted by atomic mass is 9.77. The van der Waals surface area contributed by atoms with E-state index in [1.165, 1.54) is 0 Å².